The molecule has 1 aliphatic rings. The minimum Gasteiger partial charge on any atom is -0.424 e. The van der Waals surface area contributed by atoms with Gasteiger partial charge in [0.05, 0.1) is 6.10 Å². The number of nitrogens with zero attached hydrogens (tertiary/aromatic N) is 2. The molecular weight excluding hydrogens is 204 g/mol. The summed E-state index contributed by atoms with van der Waals surface area (Å²) in [6.45, 7) is 0.890. The second kappa shape index (κ2) is 4.75. The van der Waals surface area contributed by atoms with Crippen molar-refractivity contribution in [3.05, 3.63) is 11.8 Å². The Hall–Kier alpha value is -0.610. The van der Waals surface area contributed by atoms with Gasteiger partial charge in [-0.3, -0.25) is 0 Å². The number of aromatic nitrogens is 2. The van der Waals surface area contributed by atoms with Crippen molar-refractivity contribution in [2.45, 2.75) is 37.7 Å². The highest BCUT2D eigenvalue weighted by atomic mass is 35.5. The average Bonchev–Trinajstić information content (AvgIpc) is 2.86. The molecule has 1 saturated heterocycles. The van der Waals surface area contributed by atoms with Gasteiger partial charge in [0.15, 0.2) is 0 Å². The maximum absolute atomic E-state index is 5.55. The minimum atomic E-state index is 0.285. The molecule has 0 amide bonds. The van der Waals surface area contributed by atoms with E-state index in [0.717, 1.165) is 25.9 Å². The number of halogens is 1. The van der Waals surface area contributed by atoms with Crippen LogP contribution < -0.4 is 0 Å². The molecular formula is C9H13ClN2O2. The summed E-state index contributed by atoms with van der Waals surface area (Å²) < 4.78 is 10.8. The third-order valence-electron chi connectivity index (χ3n) is 2.33. The van der Waals surface area contributed by atoms with E-state index >= 15 is 0 Å². The third-order valence-corrected chi connectivity index (χ3v) is 2.56. The average molecular weight is 217 g/mol. The first-order chi connectivity index (χ1) is 6.88. The molecule has 2 rings (SSSR count). The van der Waals surface area contributed by atoms with Crippen LogP contribution in [0.4, 0.5) is 0 Å². The van der Waals surface area contributed by atoms with Gasteiger partial charge in [0.25, 0.3) is 0 Å². The van der Waals surface area contributed by atoms with Crippen LogP contribution in [0, 0.1) is 0 Å². The fourth-order valence-corrected chi connectivity index (χ4v) is 1.71. The molecule has 1 aliphatic heterocycles. The summed E-state index contributed by atoms with van der Waals surface area (Å²) in [7, 11) is 0. The molecule has 2 heterocycles. The largest absolute Gasteiger partial charge is 0.424 e. The number of aryl methyl sites for hydroxylation is 1. The highest BCUT2D eigenvalue weighted by molar-refractivity contribution is 6.16. The second-order valence-corrected chi connectivity index (χ2v) is 3.66. The summed E-state index contributed by atoms with van der Waals surface area (Å²) in [5.74, 6) is 1.44. The van der Waals surface area contributed by atoms with Gasteiger partial charge in [0, 0.05) is 13.0 Å². The summed E-state index contributed by atoms with van der Waals surface area (Å²) in [6, 6.07) is 0. The summed E-state index contributed by atoms with van der Waals surface area (Å²) in [4.78, 5) is 0. The Morgan fingerprint density at radius 2 is 2.21 bits per heavy atom. The number of ether oxygens (including phenoxy) is 1. The zero-order valence-electron chi connectivity index (χ0n) is 7.91. The zero-order valence-corrected chi connectivity index (χ0v) is 8.66. The Balaban J connectivity index is 1.79. The Kier molecular flexibility index (Phi) is 3.37. The quantitative estimate of drug-likeness (QED) is 0.722. The first-order valence-electron chi connectivity index (χ1n) is 4.87. The molecule has 0 radical (unpaired) electrons. The topological polar surface area (TPSA) is 48.2 Å². The molecule has 1 aromatic rings. The summed E-state index contributed by atoms with van der Waals surface area (Å²) in [5, 5.41) is 7.68. The van der Waals surface area contributed by atoms with Crippen molar-refractivity contribution in [1.29, 1.82) is 0 Å². The van der Waals surface area contributed by atoms with Gasteiger partial charge in [-0.2, -0.15) is 0 Å². The standard InChI is InChI=1S/C9H13ClN2O2/c10-6-9-12-11-8(14-9)4-3-7-2-1-5-13-7/h7H,1-6H2. The van der Waals surface area contributed by atoms with Crippen LogP contribution in [0.25, 0.3) is 0 Å². The monoisotopic (exact) mass is 216 g/mol. The third kappa shape index (κ3) is 2.45. The van der Waals surface area contributed by atoms with E-state index in [-0.39, 0.29) is 5.88 Å². The van der Waals surface area contributed by atoms with E-state index in [2.05, 4.69) is 10.2 Å². The van der Waals surface area contributed by atoms with Gasteiger partial charge in [-0.05, 0) is 19.3 Å². The molecule has 1 atom stereocenters. The predicted octanol–water partition coefficient (Wildman–Crippen LogP) is 1.92. The van der Waals surface area contributed by atoms with Crippen molar-refractivity contribution in [3.63, 3.8) is 0 Å². The van der Waals surface area contributed by atoms with Gasteiger partial charge in [0.2, 0.25) is 11.8 Å². The molecule has 1 aromatic heterocycles. The molecule has 5 heteroatoms. The van der Waals surface area contributed by atoms with E-state index in [1.807, 2.05) is 0 Å². The maximum atomic E-state index is 5.55. The van der Waals surface area contributed by atoms with E-state index in [0.29, 0.717) is 17.9 Å². The van der Waals surface area contributed by atoms with Crippen molar-refractivity contribution in [1.82, 2.24) is 10.2 Å². The van der Waals surface area contributed by atoms with Crippen molar-refractivity contribution in [3.8, 4) is 0 Å². The molecule has 0 saturated carbocycles. The molecule has 0 N–H and O–H groups in total. The minimum absolute atomic E-state index is 0.285. The SMILES string of the molecule is ClCc1nnc(CCC2CCCO2)o1. The van der Waals surface area contributed by atoms with Crippen molar-refractivity contribution in [2.75, 3.05) is 6.61 Å². The Labute approximate surface area is 87.6 Å². The lowest BCUT2D eigenvalue weighted by Crippen LogP contribution is -2.06. The molecule has 0 spiro atoms. The van der Waals surface area contributed by atoms with Gasteiger partial charge in [-0.25, -0.2) is 0 Å². The predicted molar refractivity (Wildman–Crippen MR) is 51.2 cm³/mol. The van der Waals surface area contributed by atoms with Gasteiger partial charge >= 0.3 is 0 Å². The van der Waals surface area contributed by atoms with Crippen LogP contribution in [0.3, 0.4) is 0 Å². The first kappa shape index (κ1) is 9.93. The fourth-order valence-electron chi connectivity index (χ4n) is 1.60. The summed E-state index contributed by atoms with van der Waals surface area (Å²) in [5.41, 5.74) is 0. The first-order valence-corrected chi connectivity index (χ1v) is 5.41. The van der Waals surface area contributed by atoms with Crippen molar-refractivity contribution in [2.24, 2.45) is 0 Å². The molecule has 0 aliphatic carbocycles. The van der Waals surface area contributed by atoms with Gasteiger partial charge in [-0.1, -0.05) is 0 Å². The molecule has 0 bridgehead atoms. The van der Waals surface area contributed by atoms with Crippen LogP contribution in [0.1, 0.15) is 31.0 Å². The Morgan fingerprint density at radius 1 is 1.36 bits per heavy atom. The molecule has 14 heavy (non-hydrogen) atoms. The van der Waals surface area contributed by atoms with E-state index in [1.54, 1.807) is 0 Å². The normalized spacial score (nSPS) is 21.6. The molecule has 78 valence electrons. The van der Waals surface area contributed by atoms with E-state index in [4.69, 9.17) is 20.8 Å². The number of alkyl halides is 1. The van der Waals surface area contributed by atoms with E-state index in [1.165, 1.54) is 6.42 Å². The van der Waals surface area contributed by atoms with Crippen LogP contribution in [-0.2, 0) is 17.0 Å². The summed E-state index contributed by atoms with van der Waals surface area (Å²) in [6.07, 6.45) is 4.44. The fraction of sp³-hybridized carbons (Fsp3) is 0.778. The number of hydrogen-bond acceptors (Lipinski definition) is 4. The second-order valence-electron chi connectivity index (χ2n) is 3.40. The highest BCUT2D eigenvalue weighted by Crippen LogP contribution is 2.17. The molecule has 4 nitrogen and oxygen atoms in total. The lowest BCUT2D eigenvalue weighted by atomic mass is 10.1. The van der Waals surface area contributed by atoms with Gasteiger partial charge in [-0.15, -0.1) is 21.8 Å². The maximum Gasteiger partial charge on any atom is 0.231 e. The van der Waals surface area contributed by atoms with Crippen LogP contribution in [0.5, 0.6) is 0 Å². The lowest BCUT2D eigenvalue weighted by molar-refractivity contribution is 0.103. The number of hydrogen-bond donors (Lipinski definition) is 0. The Morgan fingerprint density at radius 3 is 2.86 bits per heavy atom. The van der Waals surface area contributed by atoms with Crippen LogP contribution >= 0.6 is 11.6 Å². The molecule has 1 fully saturated rings. The zero-order chi connectivity index (χ0) is 9.80. The number of rotatable bonds is 4. The van der Waals surface area contributed by atoms with Crippen LogP contribution in [0.2, 0.25) is 0 Å². The molecule has 1 unspecified atom stereocenters. The Bertz CT molecular complexity index is 284. The lowest BCUT2D eigenvalue weighted by Gasteiger charge is -2.05. The van der Waals surface area contributed by atoms with E-state index < -0.39 is 0 Å². The van der Waals surface area contributed by atoms with Gasteiger partial charge in [0.1, 0.15) is 5.88 Å². The van der Waals surface area contributed by atoms with Crippen LogP contribution in [0.15, 0.2) is 4.42 Å². The van der Waals surface area contributed by atoms with E-state index in [9.17, 15) is 0 Å². The van der Waals surface area contributed by atoms with Crippen molar-refractivity contribution >= 4 is 11.6 Å². The smallest absolute Gasteiger partial charge is 0.231 e. The highest BCUT2D eigenvalue weighted by Gasteiger charge is 2.16. The van der Waals surface area contributed by atoms with Crippen LogP contribution in [-0.4, -0.2) is 22.9 Å². The summed E-state index contributed by atoms with van der Waals surface area (Å²) >= 11 is 5.55. The van der Waals surface area contributed by atoms with Crippen molar-refractivity contribution < 1.29 is 9.15 Å². The molecule has 0 aromatic carbocycles. The van der Waals surface area contributed by atoms with Gasteiger partial charge < -0.3 is 9.15 Å².